The molecule has 422 valence electrons. The lowest BCUT2D eigenvalue weighted by Gasteiger charge is -2.48. The number of carboxylic acids is 1. The molecule has 4 heterocycles. The van der Waals surface area contributed by atoms with Crippen LogP contribution in [0.25, 0.3) is 11.3 Å². The van der Waals surface area contributed by atoms with E-state index in [4.69, 9.17) is 37.9 Å². The van der Waals surface area contributed by atoms with Crippen molar-refractivity contribution in [3.8, 4) is 11.3 Å². The van der Waals surface area contributed by atoms with Crippen molar-refractivity contribution in [2.75, 3.05) is 26.4 Å². The van der Waals surface area contributed by atoms with Gasteiger partial charge in [0, 0.05) is 18.0 Å². The lowest BCUT2D eigenvalue weighted by Crippen LogP contribution is -2.64. The van der Waals surface area contributed by atoms with E-state index < -0.39 is 165 Å². The Labute approximate surface area is 435 Å². The summed E-state index contributed by atoms with van der Waals surface area (Å²) in [7, 11) is 0. The molecule has 3 aromatic rings. The van der Waals surface area contributed by atoms with Gasteiger partial charge in [-0.1, -0.05) is 50.1 Å². The van der Waals surface area contributed by atoms with Crippen LogP contribution in [0.15, 0.2) is 48.7 Å². The number of amides is 1. The number of aliphatic carboxylic acids is 1. The number of hydrogen-bond donors (Lipinski definition) is 10. The van der Waals surface area contributed by atoms with Crippen molar-refractivity contribution < 1.29 is 107 Å². The molecular formula is C50H68F2N4O20. The van der Waals surface area contributed by atoms with Gasteiger partial charge in [-0.3, -0.25) is 4.79 Å². The van der Waals surface area contributed by atoms with Crippen molar-refractivity contribution in [1.82, 2.24) is 20.3 Å². The largest absolute Gasteiger partial charge is 0.479 e. The second kappa shape index (κ2) is 26.3. The Balaban J connectivity index is 1.11. The summed E-state index contributed by atoms with van der Waals surface area (Å²) in [6.45, 7) is 4.28. The van der Waals surface area contributed by atoms with Crippen molar-refractivity contribution >= 4 is 17.8 Å². The van der Waals surface area contributed by atoms with Crippen LogP contribution >= 0.6 is 0 Å². The van der Waals surface area contributed by atoms with Crippen molar-refractivity contribution in [2.24, 2.45) is 11.8 Å². The number of carbonyl (C=O) groups excluding carboxylic acids is 2. The highest BCUT2D eigenvalue weighted by atomic mass is 19.2. The van der Waals surface area contributed by atoms with Gasteiger partial charge in [0.05, 0.1) is 49.9 Å². The number of benzene rings is 2. The average Bonchev–Trinajstić information content (AvgIpc) is 3.91. The van der Waals surface area contributed by atoms with Gasteiger partial charge in [0.15, 0.2) is 42.7 Å². The molecule has 7 rings (SSSR count). The summed E-state index contributed by atoms with van der Waals surface area (Å²) in [5.74, 6) is -6.51. The summed E-state index contributed by atoms with van der Waals surface area (Å²) in [6, 6.07) is 8.63. The molecule has 26 heteroatoms. The van der Waals surface area contributed by atoms with Crippen LogP contribution in [0, 0.1) is 30.4 Å². The third kappa shape index (κ3) is 13.2. The van der Waals surface area contributed by atoms with E-state index in [2.05, 4.69) is 15.6 Å². The maximum atomic E-state index is 14.3. The lowest BCUT2D eigenvalue weighted by molar-refractivity contribution is -0.349. The number of rotatable bonds is 21. The van der Waals surface area contributed by atoms with E-state index in [9.17, 15) is 69.1 Å². The fourth-order valence-electron chi connectivity index (χ4n) is 10.1. The third-order valence-electron chi connectivity index (χ3n) is 14.3. The predicted molar refractivity (Wildman–Crippen MR) is 253 cm³/mol. The van der Waals surface area contributed by atoms with E-state index in [1.54, 1.807) is 32.0 Å². The number of aryl methyl sites for hydroxylation is 1. The van der Waals surface area contributed by atoms with E-state index in [0.717, 1.165) is 10.7 Å². The summed E-state index contributed by atoms with van der Waals surface area (Å²) in [5.41, 5.74) is 0.314. The number of ether oxygens (including phenoxy) is 8. The molecule has 0 spiro atoms. The van der Waals surface area contributed by atoms with Gasteiger partial charge < -0.3 is 89.2 Å². The van der Waals surface area contributed by atoms with Gasteiger partial charge in [-0.15, -0.1) is 5.10 Å². The Morgan fingerprint density at radius 3 is 2.18 bits per heavy atom. The molecule has 4 aliphatic rings. The molecule has 1 aromatic heterocycles. The molecule has 1 amide bonds. The summed E-state index contributed by atoms with van der Waals surface area (Å²) in [5, 5.41) is 108. The van der Waals surface area contributed by atoms with Crippen molar-refractivity contribution in [3.63, 3.8) is 0 Å². The number of halogens is 2. The molecule has 0 bridgehead atoms. The third-order valence-corrected chi connectivity index (χ3v) is 14.3. The molecule has 1 aliphatic carbocycles. The average molecular weight is 1080 g/mol. The second-order valence-corrected chi connectivity index (χ2v) is 19.5. The zero-order chi connectivity index (χ0) is 55.1. The highest BCUT2D eigenvalue weighted by molar-refractivity contribution is 5.89. The summed E-state index contributed by atoms with van der Waals surface area (Å²) >= 11 is 0. The number of aliphatic hydroxyl groups is 8. The van der Waals surface area contributed by atoms with Crippen LogP contribution in [0.1, 0.15) is 74.8 Å². The first-order valence-corrected chi connectivity index (χ1v) is 25.3. The number of carboxylic acid groups (broad SMARTS) is 1. The summed E-state index contributed by atoms with van der Waals surface area (Å²) < 4.78 is 77.8. The smallest absolute Gasteiger partial charge is 0.338 e. The Hall–Kier alpha value is -4.75. The number of hydrogen-bond acceptors (Lipinski definition) is 21. The van der Waals surface area contributed by atoms with E-state index >= 15 is 0 Å². The van der Waals surface area contributed by atoms with E-state index in [-0.39, 0.29) is 54.8 Å². The molecule has 76 heavy (non-hydrogen) atoms. The minimum atomic E-state index is -1.77. The molecule has 24 nitrogen and oxygen atoms in total. The van der Waals surface area contributed by atoms with E-state index in [1.165, 1.54) is 38.2 Å². The molecule has 0 radical (unpaired) electrons. The Bertz CT molecular complexity index is 2370. The van der Waals surface area contributed by atoms with Crippen LogP contribution in [-0.2, 0) is 47.5 Å². The number of aromatic nitrogens is 3. The number of nitrogens with one attached hydrogen (secondary N) is 1. The zero-order valence-corrected chi connectivity index (χ0v) is 42.1. The van der Waals surface area contributed by atoms with Crippen molar-refractivity contribution in [2.45, 2.75) is 170 Å². The molecule has 20 atom stereocenters. The van der Waals surface area contributed by atoms with Gasteiger partial charge in [0.2, 0.25) is 5.91 Å². The fourth-order valence-corrected chi connectivity index (χ4v) is 10.1. The molecule has 1 saturated carbocycles. The van der Waals surface area contributed by atoms with Crippen LogP contribution in [0.4, 0.5) is 8.78 Å². The SMILES string of the molecule is CCC[C@H](OC1C(OC(=O)c2ccccc2)[C@H](O[C@@H]2CC(C(=O)NCCO[C@H]3O[C@H](CO)[C@@H](O)C(n4cc(-c5cc(C)c(F)c(F)c5)nn4)C3O)C[C@@H](CC)C2O[C@@H]2OC(C)[C@@H](O)[C@H](O)C2O)OC(CO)[C@@H]1O)C(=O)O. The van der Waals surface area contributed by atoms with E-state index in [1.807, 2.05) is 0 Å². The van der Waals surface area contributed by atoms with Gasteiger partial charge in [0.1, 0.15) is 66.7 Å². The van der Waals surface area contributed by atoms with Gasteiger partial charge in [-0.25, -0.2) is 23.1 Å². The van der Waals surface area contributed by atoms with E-state index in [0.29, 0.717) is 12.8 Å². The first kappa shape index (κ1) is 58.9. The fraction of sp³-hybridized carbons (Fsp3) is 0.660. The first-order chi connectivity index (χ1) is 36.3. The quantitative estimate of drug-likeness (QED) is 0.0480. The first-order valence-electron chi connectivity index (χ1n) is 25.3. The van der Waals surface area contributed by atoms with Crippen LogP contribution in [0.2, 0.25) is 0 Å². The van der Waals surface area contributed by atoms with Crippen LogP contribution in [0.3, 0.4) is 0 Å². The summed E-state index contributed by atoms with van der Waals surface area (Å²) in [6.07, 6.45) is -24.0. The van der Waals surface area contributed by atoms with Gasteiger partial charge >= 0.3 is 11.9 Å². The number of carbonyl (C=O) groups is 3. The highest BCUT2D eigenvalue weighted by Gasteiger charge is 2.54. The molecule has 9 unspecified atom stereocenters. The Kier molecular flexibility index (Phi) is 20.4. The number of nitrogens with zero attached hydrogens (tertiary/aromatic N) is 3. The number of esters is 1. The second-order valence-electron chi connectivity index (χ2n) is 19.5. The van der Waals surface area contributed by atoms with Gasteiger partial charge in [-0.05, 0) is 68.9 Å². The molecule has 3 aliphatic heterocycles. The van der Waals surface area contributed by atoms with Crippen LogP contribution < -0.4 is 5.32 Å². The zero-order valence-electron chi connectivity index (χ0n) is 42.1. The predicted octanol–water partition coefficient (Wildman–Crippen LogP) is -0.379. The van der Waals surface area contributed by atoms with Gasteiger partial charge in [0.25, 0.3) is 0 Å². The number of aliphatic hydroxyl groups excluding tert-OH is 8. The Morgan fingerprint density at radius 2 is 1.53 bits per heavy atom. The maximum absolute atomic E-state index is 14.3. The highest BCUT2D eigenvalue weighted by Crippen LogP contribution is 2.41. The van der Waals surface area contributed by atoms with Gasteiger partial charge in [-0.2, -0.15) is 0 Å². The van der Waals surface area contributed by atoms with Crippen LogP contribution in [0.5, 0.6) is 0 Å². The van der Waals surface area contributed by atoms with Crippen molar-refractivity contribution in [3.05, 3.63) is 71.4 Å². The normalized spacial score (nSPS) is 35.3. The standard InChI is InChI=1S/C50H68F2N4O20/c1-5-10-30(46(66)67)71-43-38(61)33(21-58)74-50(44(43)75-47(68)25-11-8-7-9-12-25)72-31-18-27(16-24(6-2)42(31)76-49-41(64)40(63)36(59)23(4)70-49)45(65)53-13-14-69-48-39(62)35(37(60)32(20-57)73-48)56-19-29(54-55-56)26-15-22(3)34(52)28(51)17-26/h7-9,11-12,15,17,19,23-24,27,30-33,35-44,48-50,57-64H,5-6,10,13-14,16,18,20-21H2,1-4H3,(H,53,65)(H,66,67)/t23?,24-,27?,30+,31-,32-,33?,35?,36-,37-,38+,39?,40+,41?,42?,43?,44?,48+,49+,50-/m1/s1. The Morgan fingerprint density at radius 1 is 0.829 bits per heavy atom. The monoisotopic (exact) mass is 1080 g/mol. The molecule has 10 N–H and O–H groups in total. The molecular weight excluding hydrogens is 1010 g/mol. The summed E-state index contributed by atoms with van der Waals surface area (Å²) in [4.78, 5) is 40.4. The molecule has 4 fully saturated rings. The minimum Gasteiger partial charge on any atom is -0.479 e. The van der Waals surface area contributed by atoms with Crippen molar-refractivity contribution in [1.29, 1.82) is 0 Å². The maximum Gasteiger partial charge on any atom is 0.338 e. The molecule has 3 saturated heterocycles. The molecule has 2 aromatic carbocycles. The minimum absolute atomic E-state index is 0.00514. The van der Waals surface area contributed by atoms with Crippen LogP contribution in [-0.4, -0.2) is 209 Å². The topological polar surface area (TPSA) is 350 Å². The lowest BCUT2D eigenvalue weighted by atomic mass is 9.75.